The summed E-state index contributed by atoms with van der Waals surface area (Å²) in [5.41, 5.74) is 3.85. The van der Waals surface area contributed by atoms with Crippen LogP contribution in [0.4, 0.5) is 4.39 Å². The number of hydrogen-bond donors (Lipinski definition) is 0. The molecule has 0 radical (unpaired) electrons. The lowest BCUT2D eigenvalue weighted by atomic mass is 9.97. The molecule has 0 saturated heterocycles. The van der Waals surface area contributed by atoms with Crippen LogP contribution in [0, 0.1) is 12.7 Å². The smallest absolute Gasteiger partial charge is 0.167 e. The van der Waals surface area contributed by atoms with Crippen LogP contribution in [0.5, 0.6) is 5.75 Å². The van der Waals surface area contributed by atoms with Crippen molar-refractivity contribution in [2.45, 2.75) is 32.8 Å². The first kappa shape index (κ1) is 13.8. The molecular formula is C18H17FO2. The summed E-state index contributed by atoms with van der Waals surface area (Å²) in [6.07, 6.45) is 0.549. The Balaban J connectivity index is 1.87. The summed E-state index contributed by atoms with van der Waals surface area (Å²) >= 11 is 0. The Labute approximate surface area is 123 Å². The molecule has 0 saturated carbocycles. The van der Waals surface area contributed by atoms with Crippen molar-refractivity contribution in [3.8, 4) is 5.75 Å². The number of carbonyl (C=O) groups excluding carboxylic acids is 1. The van der Waals surface area contributed by atoms with Gasteiger partial charge in [-0.3, -0.25) is 4.79 Å². The molecule has 3 heteroatoms. The minimum Gasteiger partial charge on any atom is -0.488 e. The van der Waals surface area contributed by atoms with Crippen molar-refractivity contribution < 1.29 is 13.9 Å². The monoisotopic (exact) mass is 284 g/mol. The molecule has 0 spiro atoms. The van der Waals surface area contributed by atoms with E-state index in [1.54, 1.807) is 12.1 Å². The quantitative estimate of drug-likeness (QED) is 0.835. The highest BCUT2D eigenvalue weighted by Crippen LogP contribution is 2.40. The van der Waals surface area contributed by atoms with Crippen LogP contribution in [0.15, 0.2) is 36.4 Å². The average Bonchev–Trinajstić information content (AvgIpc) is 2.76. The van der Waals surface area contributed by atoms with E-state index in [4.69, 9.17) is 4.74 Å². The zero-order valence-electron chi connectivity index (χ0n) is 12.2. The lowest BCUT2D eigenvalue weighted by Gasteiger charge is -2.13. The fourth-order valence-electron chi connectivity index (χ4n) is 2.97. The maximum absolute atomic E-state index is 12.9. The van der Waals surface area contributed by atoms with Crippen LogP contribution in [0.25, 0.3) is 0 Å². The Morgan fingerprint density at radius 3 is 2.62 bits per heavy atom. The van der Waals surface area contributed by atoms with Gasteiger partial charge >= 0.3 is 0 Å². The van der Waals surface area contributed by atoms with Gasteiger partial charge in [0.2, 0.25) is 0 Å². The zero-order chi connectivity index (χ0) is 15.0. The Hall–Kier alpha value is -2.16. The van der Waals surface area contributed by atoms with Gasteiger partial charge in [-0.15, -0.1) is 0 Å². The summed E-state index contributed by atoms with van der Waals surface area (Å²) in [5, 5.41) is 0. The van der Waals surface area contributed by atoms with Gasteiger partial charge in [-0.05, 0) is 47.7 Å². The highest BCUT2D eigenvalue weighted by atomic mass is 19.1. The predicted molar refractivity (Wildman–Crippen MR) is 79.3 cm³/mol. The average molecular weight is 284 g/mol. The third-order valence-electron chi connectivity index (χ3n) is 4.00. The zero-order valence-corrected chi connectivity index (χ0v) is 12.2. The van der Waals surface area contributed by atoms with E-state index in [1.165, 1.54) is 12.1 Å². The highest BCUT2D eigenvalue weighted by Gasteiger charge is 2.30. The van der Waals surface area contributed by atoms with E-state index in [0.717, 1.165) is 22.3 Å². The molecule has 0 heterocycles. The standard InChI is InChI=1S/C18H17FO2/c1-11-3-8-16(18-15(20)9-12(2)17(11)18)21-10-13-4-6-14(19)7-5-13/h3-8,12H,9-10H2,1-2H3/t12-/m1/s1. The number of aryl methyl sites for hydroxylation is 1. The largest absolute Gasteiger partial charge is 0.488 e. The van der Waals surface area contributed by atoms with Gasteiger partial charge in [0.1, 0.15) is 18.2 Å². The van der Waals surface area contributed by atoms with E-state index >= 15 is 0 Å². The lowest BCUT2D eigenvalue weighted by molar-refractivity contribution is 0.0986. The number of ether oxygens (including phenoxy) is 1. The van der Waals surface area contributed by atoms with Gasteiger partial charge in [0.05, 0.1) is 5.56 Å². The first-order chi connectivity index (χ1) is 10.1. The molecule has 0 N–H and O–H groups in total. The lowest BCUT2D eigenvalue weighted by Crippen LogP contribution is -2.02. The summed E-state index contributed by atoms with van der Waals surface area (Å²) in [5.74, 6) is 0.769. The summed E-state index contributed by atoms with van der Waals surface area (Å²) < 4.78 is 18.7. The van der Waals surface area contributed by atoms with E-state index in [0.29, 0.717) is 18.8 Å². The third kappa shape index (κ3) is 2.56. The van der Waals surface area contributed by atoms with Crippen LogP contribution in [-0.4, -0.2) is 5.78 Å². The maximum atomic E-state index is 12.9. The molecule has 0 amide bonds. The molecule has 2 nitrogen and oxygen atoms in total. The van der Waals surface area contributed by atoms with E-state index < -0.39 is 0 Å². The predicted octanol–water partition coefficient (Wildman–Crippen LogP) is 4.40. The van der Waals surface area contributed by atoms with Crippen LogP contribution in [0.2, 0.25) is 0 Å². The first-order valence-corrected chi connectivity index (χ1v) is 7.10. The number of benzene rings is 2. The molecule has 2 aromatic rings. The fraction of sp³-hybridized carbons (Fsp3) is 0.278. The molecule has 0 fully saturated rings. The Morgan fingerprint density at radius 2 is 1.90 bits per heavy atom. The van der Waals surface area contributed by atoms with Crippen molar-refractivity contribution in [3.63, 3.8) is 0 Å². The molecule has 1 aliphatic rings. The maximum Gasteiger partial charge on any atom is 0.167 e. The summed E-state index contributed by atoms with van der Waals surface area (Å²) in [6, 6.07) is 10.0. The second-order valence-electron chi connectivity index (χ2n) is 5.61. The van der Waals surface area contributed by atoms with Crippen LogP contribution in [-0.2, 0) is 6.61 Å². The molecule has 21 heavy (non-hydrogen) atoms. The van der Waals surface area contributed by atoms with Gasteiger partial charge in [0.25, 0.3) is 0 Å². The number of carbonyl (C=O) groups is 1. The molecule has 108 valence electrons. The Bertz CT molecular complexity index is 689. The molecule has 1 atom stereocenters. The fourth-order valence-corrected chi connectivity index (χ4v) is 2.97. The van der Waals surface area contributed by atoms with E-state index in [2.05, 4.69) is 6.92 Å². The second kappa shape index (κ2) is 5.32. The molecule has 2 aromatic carbocycles. The van der Waals surface area contributed by atoms with Gasteiger partial charge in [-0.1, -0.05) is 25.1 Å². The number of Topliss-reactive ketones (excluding diaryl/α,β-unsaturated/α-hetero) is 1. The van der Waals surface area contributed by atoms with Crippen LogP contribution < -0.4 is 4.74 Å². The van der Waals surface area contributed by atoms with Gasteiger partial charge < -0.3 is 4.74 Å². The molecular weight excluding hydrogens is 267 g/mol. The molecule has 0 aromatic heterocycles. The molecule has 0 aliphatic heterocycles. The van der Waals surface area contributed by atoms with Crippen molar-refractivity contribution in [1.82, 2.24) is 0 Å². The van der Waals surface area contributed by atoms with E-state index in [1.807, 2.05) is 19.1 Å². The minimum atomic E-state index is -0.265. The molecule has 0 unspecified atom stereocenters. The number of ketones is 1. The SMILES string of the molecule is Cc1ccc(OCc2ccc(F)cc2)c2c1[C@H](C)CC2=O. The molecule has 3 rings (SSSR count). The van der Waals surface area contributed by atoms with Crippen LogP contribution >= 0.6 is 0 Å². The van der Waals surface area contributed by atoms with Gasteiger partial charge in [-0.25, -0.2) is 4.39 Å². The van der Waals surface area contributed by atoms with E-state index in [9.17, 15) is 9.18 Å². The van der Waals surface area contributed by atoms with Crippen molar-refractivity contribution in [3.05, 3.63) is 64.5 Å². The number of halogens is 1. The highest BCUT2D eigenvalue weighted by molar-refractivity contribution is 6.04. The van der Waals surface area contributed by atoms with Gasteiger partial charge in [0, 0.05) is 6.42 Å². The Morgan fingerprint density at radius 1 is 1.19 bits per heavy atom. The Kier molecular flexibility index (Phi) is 3.50. The number of rotatable bonds is 3. The van der Waals surface area contributed by atoms with Crippen molar-refractivity contribution in [1.29, 1.82) is 0 Å². The van der Waals surface area contributed by atoms with Crippen LogP contribution in [0.1, 0.15) is 46.3 Å². The first-order valence-electron chi connectivity index (χ1n) is 7.10. The third-order valence-corrected chi connectivity index (χ3v) is 4.00. The number of fused-ring (bicyclic) bond motifs is 1. The normalized spacial score (nSPS) is 16.9. The van der Waals surface area contributed by atoms with Crippen molar-refractivity contribution in [2.24, 2.45) is 0 Å². The van der Waals surface area contributed by atoms with Crippen molar-refractivity contribution in [2.75, 3.05) is 0 Å². The minimum absolute atomic E-state index is 0.148. The topological polar surface area (TPSA) is 26.3 Å². The van der Waals surface area contributed by atoms with Crippen LogP contribution in [0.3, 0.4) is 0 Å². The second-order valence-corrected chi connectivity index (χ2v) is 5.61. The number of hydrogen-bond acceptors (Lipinski definition) is 2. The summed E-state index contributed by atoms with van der Waals surface area (Å²) in [7, 11) is 0. The van der Waals surface area contributed by atoms with Gasteiger partial charge in [0.15, 0.2) is 5.78 Å². The molecule has 0 bridgehead atoms. The molecule has 1 aliphatic carbocycles. The summed E-state index contributed by atoms with van der Waals surface area (Å²) in [6.45, 7) is 4.43. The van der Waals surface area contributed by atoms with Crippen molar-refractivity contribution >= 4 is 5.78 Å². The van der Waals surface area contributed by atoms with E-state index in [-0.39, 0.29) is 17.5 Å². The summed E-state index contributed by atoms with van der Waals surface area (Å²) in [4.78, 5) is 12.2. The van der Waals surface area contributed by atoms with Gasteiger partial charge in [-0.2, -0.15) is 0 Å².